The molecule has 10 nitrogen and oxygen atoms in total. The molecule has 0 aliphatic carbocycles. The van der Waals surface area contributed by atoms with E-state index in [0.717, 1.165) is 30.7 Å². The van der Waals surface area contributed by atoms with Gasteiger partial charge in [-0.25, -0.2) is 13.6 Å². The number of nitriles is 1. The third kappa shape index (κ3) is 5.23. The number of nitrogens with two attached hydrogens (primary N) is 1. The Bertz CT molecular complexity index is 2090. The number of likely N-dealkylation sites (N-methyl/N-ethyl adjacent to an activating group) is 1. The Balaban J connectivity index is 1.40. The van der Waals surface area contributed by atoms with Crippen LogP contribution in [0.4, 0.5) is 25.3 Å². The number of hydrogen-bond donors (Lipinski definition) is 1. The molecule has 1 amide bonds. The number of alkyl halides is 1. The van der Waals surface area contributed by atoms with Crippen LogP contribution in [0.15, 0.2) is 36.9 Å². The first-order chi connectivity index (χ1) is 23.6. The van der Waals surface area contributed by atoms with Gasteiger partial charge in [0.25, 0.3) is 0 Å². The molecule has 1 unspecified atom stereocenters. The molecular weight excluding hydrogens is 647 g/mol. The molecule has 2 aromatic heterocycles. The normalized spacial score (nSPS) is 23.5. The number of halogens is 2. The van der Waals surface area contributed by atoms with E-state index in [0.29, 0.717) is 65.7 Å². The van der Waals surface area contributed by atoms with Crippen LogP contribution in [0.5, 0.6) is 6.01 Å². The molecule has 252 valence electrons. The van der Waals surface area contributed by atoms with Crippen molar-refractivity contribution in [1.29, 1.82) is 5.26 Å². The van der Waals surface area contributed by atoms with Crippen LogP contribution in [0.3, 0.4) is 0 Å². The number of carbonyl (C=O) groups is 1. The summed E-state index contributed by atoms with van der Waals surface area (Å²) in [5.41, 5.74) is 7.35. The number of nitrogens with zero attached hydrogens (tertiary/aromatic N) is 7. The van der Waals surface area contributed by atoms with Gasteiger partial charge in [0.15, 0.2) is 0 Å². The summed E-state index contributed by atoms with van der Waals surface area (Å²) in [6.07, 6.45) is 3.24. The lowest BCUT2D eigenvalue weighted by atomic mass is 9.94. The van der Waals surface area contributed by atoms with Crippen LogP contribution in [-0.4, -0.2) is 82.3 Å². The second kappa shape index (κ2) is 12.6. The average molecular weight is 683 g/mol. The largest absolute Gasteiger partial charge is 0.461 e. The van der Waals surface area contributed by atoms with Crippen LogP contribution < -0.4 is 15.4 Å². The van der Waals surface area contributed by atoms with E-state index in [9.17, 15) is 18.8 Å². The zero-order chi connectivity index (χ0) is 34.6. The number of hydrogen-bond acceptors (Lipinski definition) is 9. The maximum absolute atomic E-state index is 15.0. The van der Waals surface area contributed by atoms with E-state index < -0.39 is 17.5 Å². The molecule has 0 radical (unpaired) electrons. The number of likely N-dealkylation sites (tertiary alicyclic amines) is 1. The molecule has 4 atom stereocenters. The Morgan fingerprint density at radius 3 is 2.86 bits per heavy atom. The average Bonchev–Trinajstić information content (AvgIpc) is 3.84. The Morgan fingerprint density at radius 1 is 1.33 bits per heavy atom. The van der Waals surface area contributed by atoms with Crippen molar-refractivity contribution >= 4 is 54.7 Å². The van der Waals surface area contributed by atoms with Gasteiger partial charge in [-0.2, -0.15) is 15.2 Å². The molecule has 3 saturated heterocycles. The summed E-state index contributed by atoms with van der Waals surface area (Å²) in [6, 6.07) is 8.64. The number of benzene rings is 2. The van der Waals surface area contributed by atoms with E-state index >= 15 is 0 Å². The van der Waals surface area contributed by atoms with Crippen molar-refractivity contribution in [1.82, 2.24) is 19.8 Å². The number of ether oxygens (including phenoxy) is 1. The first-order valence-electron chi connectivity index (χ1n) is 16.5. The fourth-order valence-electron chi connectivity index (χ4n) is 8.25. The highest BCUT2D eigenvalue weighted by Crippen LogP contribution is 2.48. The highest BCUT2D eigenvalue weighted by atomic mass is 32.1. The summed E-state index contributed by atoms with van der Waals surface area (Å²) in [6.45, 7) is 17.9. The quantitative estimate of drug-likeness (QED) is 0.163. The van der Waals surface area contributed by atoms with Gasteiger partial charge >= 0.3 is 6.01 Å². The monoisotopic (exact) mass is 682 g/mol. The molecule has 0 spiro atoms. The van der Waals surface area contributed by atoms with Gasteiger partial charge in [-0.05, 0) is 63.4 Å². The van der Waals surface area contributed by atoms with Gasteiger partial charge in [-0.15, -0.1) is 11.3 Å². The number of rotatable bonds is 8. The van der Waals surface area contributed by atoms with Crippen molar-refractivity contribution in [3.63, 3.8) is 0 Å². The van der Waals surface area contributed by atoms with E-state index in [-0.39, 0.29) is 51.6 Å². The van der Waals surface area contributed by atoms with Crippen molar-refractivity contribution in [3.8, 4) is 23.2 Å². The van der Waals surface area contributed by atoms with Crippen molar-refractivity contribution in [2.24, 2.45) is 0 Å². The van der Waals surface area contributed by atoms with E-state index in [1.165, 1.54) is 12.1 Å². The van der Waals surface area contributed by atoms with Crippen LogP contribution in [0.2, 0.25) is 0 Å². The summed E-state index contributed by atoms with van der Waals surface area (Å²) in [5.74, 6) is -0.0849. The minimum Gasteiger partial charge on any atom is -0.461 e. The van der Waals surface area contributed by atoms with E-state index in [1.807, 2.05) is 19.9 Å². The second-order valence-electron chi connectivity index (χ2n) is 13.0. The van der Waals surface area contributed by atoms with Crippen LogP contribution in [-0.2, 0) is 4.79 Å². The van der Waals surface area contributed by atoms with Crippen LogP contribution in [0, 0.1) is 23.7 Å². The maximum Gasteiger partial charge on any atom is 0.319 e. The summed E-state index contributed by atoms with van der Waals surface area (Å²) in [7, 11) is 0. The molecule has 0 bridgehead atoms. The summed E-state index contributed by atoms with van der Waals surface area (Å²) >= 11 is 1.00. The minimum absolute atomic E-state index is 0.0636. The molecule has 7 rings (SSSR count). The first-order valence-corrected chi connectivity index (χ1v) is 17.3. The minimum atomic E-state index is -0.926. The zero-order valence-corrected chi connectivity index (χ0v) is 28.2. The highest BCUT2D eigenvalue weighted by Gasteiger charge is 2.49. The van der Waals surface area contributed by atoms with E-state index in [1.54, 1.807) is 17.0 Å². The number of anilines is 2. The van der Waals surface area contributed by atoms with Gasteiger partial charge in [-0.1, -0.05) is 18.7 Å². The molecule has 0 saturated carbocycles. The lowest BCUT2D eigenvalue weighted by molar-refractivity contribution is -0.126. The lowest BCUT2D eigenvalue weighted by Gasteiger charge is -2.34. The standard InChI is InChI=1S/C36H36F2N8O2S/c1-5-28(47)46-15-12-27(20(46)3)45(6-2)34-24-9-8-22(23-10-11-26(38)32-29(23)31(41-4)33(40)49-32)25(17-39)30(24)42-35(43-34)48-19-36-13-7-14-44(36)18-21(37)16-36/h5,8-11,20-21,27H,1,6-7,12-16,18-19,40H2,2-3H3/t20-,21+,27?,36-/m0/s1. The van der Waals surface area contributed by atoms with Gasteiger partial charge in [0.05, 0.1) is 38.9 Å². The summed E-state index contributed by atoms with van der Waals surface area (Å²) in [4.78, 5) is 32.1. The molecule has 5 heterocycles. The predicted octanol–water partition coefficient (Wildman–Crippen LogP) is 6.61. The number of fused-ring (bicyclic) bond motifs is 3. The van der Waals surface area contributed by atoms with Gasteiger partial charge < -0.3 is 20.3 Å². The number of carbonyl (C=O) groups excluding carboxylic acids is 1. The molecule has 3 fully saturated rings. The Kier molecular flexibility index (Phi) is 8.37. The van der Waals surface area contributed by atoms with E-state index in [4.69, 9.17) is 27.0 Å². The predicted molar refractivity (Wildman–Crippen MR) is 187 cm³/mol. The molecule has 3 aliphatic rings. The topological polar surface area (TPSA) is 116 Å². The zero-order valence-electron chi connectivity index (χ0n) is 27.4. The van der Waals surface area contributed by atoms with E-state index in [2.05, 4.69) is 27.3 Å². The molecule has 2 aromatic carbocycles. The van der Waals surface area contributed by atoms with Crippen molar-refractivity contribution in [2.45, 2.75) is 63.3 Å². The molecule has 49 heavy (non-hydrogen) atoms. The third-order valence-corrected chi connectivity index (χ3v) is 11.6. The highest BCUT2D eigenvalue weighted by molar-refractivity contribution is 7.23. The smallest absolute Gasteiger partial charge is 0.319 e. The number of thiophene rings is 1. The first kappa shape index (κ1) is 32.7. The van der Waals surface area contributed by atoms with Crippen LogP contribution in [0.1, 0.15) is 45.1 Å². The maximum atomic E-state index is 15.0. The third-order valence-electron chi connectivity index (χ3n) is 10.5. The van der Waals surface area contributed by atoms with Crippen molar-refractivity contribution in [2.75, 3.05) is 43.4 Å². The fraction of sp³-hybridized carbons (Fsp3) is 0.417. The van der Waals surface area contributed by atoms with Crippen LogP contribution in [0.25, 0.3) is 37.0 Å². The Hall–Kier alpha value is -4.85. The molecule has 2 N–H and O–H groups in total. The molecule has 13 heteroatoms. The lowest BCUT2D eigenvalue weighted by Crippen LogP contribution is -2.45. The number of nitrogen functional groups attached to an aromatic ring is 1. The van der Waals surface area contributed by atoms with Gasteiger partial charge in [-0.3, -0.25) is 9.69 Å². The second-order valence-corrected chi connectivity index (χ2v) is 14.1. The van der Waals surface area contributed by atoms with Crippen LogP contribution >= 0.6 is 11.3 Å². The SMILES string of the molecule is [C-]#[N+]c1c(N)sc2c(F)ccc(-c3ccc4c(N(CC)C5CCN(C(=O)C=C)[C@H]5C)nc(OC[C@@]56CCCN5C[C@H](F)C6)nc4c3C#N)c12. The molecule has 3 aliphatic heterocycles. The van der Waals surface area contributed by atoms with Gasteiger partial charge in [0, 0.05) is 48.4 Å². The Morgan fingerprint density at radius 2 is 2.12 bits per heavy atom. The Labute approximate surface area is 287 Å². The fourth-order valence-corrected chi connectivity index (χ4v) is 9.19. The van der Waals surface area contributed by atoms with Gasteiger partial charge in [0.2, 0.25) is 11.6 Å². The number of aromatic nitrogens is 2. The van der Waals surface area contributed by atoms with Gasteiger partial charge in [0.1, 0.15) is 30.5 Å². The summed E-state index contributed by atoms with van der Waals surface area (Å²) < 4.78 is 36.2. The van der Waals surface area contributed by atoms with Crippen molar-refractivity contribution < 1.29 is 18.3 Å². The molecular formula is C36H36F2N8O2S. The summed E-state index contributed by atoms with van der Waals surface area (Å²) in [5, 5.41) is 11.9. The van der Waals surface area contributed by atoms with Crippen molar-refractivity contribution in [3.05, 3.63) is 59.7 Å². The number of amides is 1. The molecule has 4 aromatic rings.